The van der Waals surface area contributed by atoms with Gasteiger partial charge < -0.3 is 4.74 Å². The third kappa shape index (κ3) is 2.73. The SMILES string of the molecule is CC(C)N1CCOC(CBr)C1. The topological polar surface area (TPSA) is 12.5 Å². The molecule has 66 valence electrons. The first-order valence-electron chi connectivity index (χ1n) is 4.15. The maximum atomic E-state index is 5.52. The van der Waals surface area contributed by atoms with E-state index in [1.54, 1.807) is 0 Å². The highest BCUT2D eigenvalue weighted by molar-refractivity contribution is 9.09. The van der Waals surface area contributed by atoms with Gasteiger partial charge in [-0.05, 0) is 13.8 Å². The van der Waals surface area contributed by atoms with Gasteiger partial charge in [-0.1, -0.05) is 15.9 Å². The van der Waals surface area contributed by atoms with Crippen molar-refractivity contribution in [3.63, 3.8) is 0 Å². The van der Waals surface area contributed by atoms with Gasteiger partial charge in [-0.3, -0.25) is 4.90 Å². The highest BCUT2D eigenvalue weighted by atomic mass is 79.9. The van der Waals surface area contributed by atoms with Gasteiger partial charge >= 0.3 is 0 Å². The Hall–Kier alpha value is 0.400. The quantitative estimate of drug-likeness (QED) is 0.656. The van der Waals surface area contributed by atoms with Crippen LogP contribution in [0.5, 0.6) is 0 Å². The second kappa shape index (κ2) is 4.43. The van der Waals surface area contributed by atoms with E-state index >= 15 is 0 Å². The van der Waals surface area contributed by atoms with Crippen molar-refractivity contribution in [1.29, 1.82) is 0 Å². The van der Waals surface area contributed by atoms with Gasteiger partial charge in [-0.2, -0.15) is 0 Å². The van der Waals surface area contributed by atoms with E-state index < -0.39 is 0 Å². The number of alkyl halides is 1. The van der Waals surface area contributed by atoms with Crippen LogP contribution < -0.4 is 0 Å². The fraction of sp³-hybridized carbons (Fsp3) is 1.00. The largest absolute Gasteiger partial charge is 0.375 e. The molecule has 0 bridgehead atoms. The molecule has 0 saturated carbocycles. The highest BCUT2D eigenvalue weighted by Gasteiger charge is 2.20. The summed E-state index contributed by atoms with van der Waals surface area (Å²) in [4.78, 5) is 2.45. The van der Waals surface area contributed by atoms with E-state index in [0.717, 1.165) is 25.0 Å². The Morgan fingerprint density at radius 2 is 2.36 bits per heavy atom. The summed E-state index contributed by atoms with van der Waals surface area (Å²) < 4.78 is 5.52. The third-order valence-corrected chi connectivity index (χ3v) is 2.79. The maximum absolute atomic E-state index is 5.52. The van der Waals surface area contributed by atoms with Gasteiger partial charge in [-0.15, -0.1) is 0 Å². The molecule has 11 heavy (non-hydrogen) atoms. The molecule has 1 fully saturated rings. The Bertz CT molecular complexity index is 119. The number of halogens is 1. The van der Waals surface area contributed by atoms with Crippen LogP contribution in [-0.4, -0.2) is 42.1 Å². The van der Waals surface area contributed by atoms with Gasteiger partial charge in [-0.25, -0.2) is 0 Å². The molecule has 0 radical (unpaired) electrons. The summed E-state index contributed by atoms with van der Waals surface area (Å²) in [6.07, 6.45) is 0.395. The Labute approximate surface area is 77.0 Å². The molecule has 0 aliphatic carbocycles. The van der Waals surface area contributed by atoms with Crippen LogP contribution in [-0.2, 0) is 4.74 Å². The molecule has 1 aliphatic heterocycles. The van der Waals surface area contributed by atoms with Gasteiger partial charge in [0.2, 0.25) is 0 Å². The van der Waals surface area contributed by atoms with Gasteiger partial charge in [0.25, 0.3) is 0 Å². The number of hydrogen-bond acceptors (Lipinski definition) is 2. The molecule has 0 amide bonds. The van der Waals surface area contributed by atoms with Crippen molar-refractivity contribution in [1.82, 2.24) is 4.90 Å². The lowest BCUT2D eigenvalue weighted by Crippen LogP contribution is -2.46. The minimum Gasteiger partial charge on any atom is -0.375 e. The zero-order chi connectivity index (χ0) is 8.27. The molecule has 0 aromatic rings. The van der Waals surface area contributed by atoms with Crippen molar-refractivity contribution in [2.75, 3.05) is 25.0 Å². The number of rotatable bonds is 2. The zero-order valence-electron chi connectivity index (χ0n) is 7.22. The lowest BCUT2D eigenvalue weighted by atomic mass is 10.2. The predicted molar refractivity (Wildman–Crippen MR) is 50.2 cm³/mol. The fourth-order valence-electron chi connectivity index (χ4n) is 1.30. The van der Waals surface area contributed by atoms with Gasteiger partial charge in [0, 0.05) is 24.5 Å². The normalized spacial score (nSPS) is 27.8. The van der Waals surface area contributed by atoms with Crippen LogP contribution in [0.4, 0.5) is 0 Å². The number of morpholine rings is 1. The molecule has 1 aliphatic rings. The van der Waals surface area contributed by atoms with Crippen molar-refractivity contribution < 1.29 is 4.74 Å². The summed E-state index contributed by atoms with van der Waals surface area (Å²) in [5.41, 5.74) is 0. The van der Waals surface area contributed by atoms with Gasteiger partial charge in [0.15, 0.2) is 0 Å². The molecular weight excluding hydrogens is 206 g/mol. The van der Waals surface area contributed by atoms with Crippen LogP contribution in [0, 0.1) is 0 Å². The molecule has 0 N–H and O–H groups in total. The first kappa shape index (κ1) is 9.49. The van der Waals surface area contributed by atoms with Gasteiger partial charge in [0.05, 0.1) is 12.7 Å². The predicted octanol–water partition coefficient (Wildman–Crippen LogP) is 1.49. The average Bonchev–Trinajstić information content (AvgIpc) is 2.05. The lowest BCUT2D eigenvalue weighted by Gasteiger charge is -2.34. The molecule has 1 saturated heterocycles. The molecule has 0 spiro atoms. The minimum atomic E-state index is 0.395. The highest BCUT2D eigenvalue weighted by Crippen LogP contribution is 2.09. The van der Waals surface area contributed by atoms with Crippen molar-refractivity contribution in [2.45, 2.75) is 26.0 Å². The standard InChI is InChI=1S/C8H16BrNO/c1-7(2)10-3-4-11-8(5-9)6-10/h7-8H,3-6H2,1-2H3. The summed E-state index contributed by atoms with van der Waals surface area (Å²) in [6.45, 7) is 7.51. The molecule has 1 atom stereocenters. The van der Waals surface area contributed by atoms with Crippen molar-refractivity contribution in [2.24, 2.45) is 0 Å². The van der Waals surface area contributed by atoms with Crippen LogP contribution in [0.15, 0.2) is 0 Å². The summed E-state index contributed by atoms with van der Waals surface area (Å²) in [6, 6.07) is 0.653. The molecule has 1 heterocycles. The summed E-state index contributed by atoms with van der Waals surface area (Å²) in [5, 5.41) is 0.955. The maximum Gasteiger partial charge on any atom is 0.0799 e. The minimum absolute atomic E-state index is 0.395. The van der Waals surface area contributed by atoms with Crippen LogP contribution in [0.2, 0.25) is 0 Å². The Morgan fingerprint density at radius 1 is 1.64 bits per heavy atom. The van der Waals surface area contributed by atoms with Crippen molar-refractivity contribution in [3.8, 4) is 0 Å². The molecule has 1 unspecified atom stereocenters. The van der Waals surface area contributed by atoms with E-state index in [1.165, 1.54) is 0 Å². The van der Waals surface area contributed by atoms with E-state index in [1.807, 2.05) is 0 Å². The number of ether oxygens (including phenoxy) is 1. The average molecular weight is 222 g/mol. The van der Waals surface area contributed by atoms with Crippen LogP contribution >= 0.6 is 15.9 Å². The Kier molecular flexibility index (Phi) is 3.82. The second-order valence-electron chi connectivity index (χ2n) is 3.24. The van der Waals surface area contributed by atoms with Crippen molar-refractivity contribution >= 4 is 15.9 Å². The summed E-state index contributed by atoms with van der Waals surface area (Å²) >= 11 is 3.44. The fourth-order valence-corrected chi connectivity index (χ4v) is 1.70. The van der Waals surface area contributed by atoms with Crippen LogP contribution in [0.3, 0.4) is 0 Å². The van der Waals surface area contributed by atoms with Gasteiger partial charge in [0.1, 0.15) is 0 Å². The monoisotopic (exact) mass is 221 g/mol. The molecule has 0 aromatic carbocycles. The molecule has 2 nitrogen and oxygen atoms in total. The van der Waals surface area contributed by atoms with E-state index in [0.29, 0.717) is 12.1 Å². The Morgan fingerprint density at radius 3 is 2.91 bits per heavy atom. The molecule has 3 heteroatoms. The first-order chi connectivity index (χ1) is 5.24. The molecular formula is C8H16BrNO. The number of hydrogen-bond donors (Lipinski definition) is 0. The van der Waals surface area contributed by atoms with E-state index in [-0.39, 0.29) is 0 Å². The smallest absolute Gasteiger partial charge is 0.0799 e. The third-order valence-electron chi connectivity index (χ3n) is 2.07. The first-order valence-corrected chi connectivity index (χ1v) is 5.27. The number of nitrogens with zero attached hydrogens (tertiary/aromatic N) is 1. The van der Waals surface area contributed by atoms with Crippen LogP contribution in [0.1, 0.15) is 13.8 Å². The second-order valence-corrected chi connectivity index (χ2v) is 3.88. The summed E-state index contributed by atoms with van der Waals surface area (Å²) in [5.74, 6) is 0. The molecule has 0 aromatic heterocycles. The van der Waals surface area contributed by atoms with Crippen LogP contribution in [0.25, 0.3) is 0 Å². The van der Waals surface area contributed by atoms with E-state index in [4.69, 9.17) is 4.74 Å². The lowest BCUT2D eigenvalue weighted by molar-refractivity contribution is -0.0259. The van der Waals surface area contributed by atoms with Crippen molar-refractivity contribution in [3.05, 3.63) is 0 Å². The van der Waals surface area contributed by atoms with E-state index in [2.05, 4.69) is 34.7 Å². The Balaban J connectivity index is 2.33. The summed E-state index contributed by atoms with van der Waals surface area (Å²) in [7, 11) is 0. The van der Waals surface area contributed by atoms with E-state index in [9.17, 15) is 0 Å². The zero-order valence-corrected chi connectivity index (χ0v) is 8.80. The molecule has 1 rings (SSSR count).